The van der Waals surface area contributed by atoms with Gasteiger partial charge in [-0.15, -0.1) is 13.2 Å². The van der Waals surface area contributed by atoms with E-state index in [9.17, 15) is 22.8 Å². The van der Waals surface area contributed by atoms with Gasteiger partial charge in [-0.05, 0) is 46.9 Å². The molecule has 0 saturated carbocycles. The minimum atomic E-state index is -4.83. The quantitative estimate of drug-likeness (QED) is 0.205. The molecule has 3 aromatic carbocycles. The fraction of sp³-hybridized carbons (Fsp3) is 0.161. The van der Waals surface area contributed by atoms with Gasteiger partial charge in [0.2, 0.25) is 0 Å². The first-order chi connectivity index (χ1) is 21.0. The molecular weight excluding hydrogens is 593 g/mol. The highest BCUT2D eigenvalue weighted by atomic mass is 32.2. The summed E-state index contributed by atoms with van der Waals surface area (Å²) in [7, 11) is 0. The van der Waals surface area contributed by atoms with Crippen molar-refractivity contribution in [1.29, 1.82) is 5.41 Å². The smallest absolute Gasteiger partial charge is 0.406 e. The summed E-state index contributed by atoms with van der Waals surface area (Å²) in [4.78, 5) is 33.7. The molecule has 1 fully saturated rings. The van der Waals surface area contributed by atoms with Crippen LogP contribution in [-0.4, -0.2) is 44.4 Å². The minimum absolute atomic E-state index is 0.0693. The number of amides is 2. The fourth-order valence-corrected chi connectivity index (χ4v) is 5.45. The van der Waals surface area contributed by atoms with E-state index < -0.39 is 29.3 Å². The molecular formula is C31H25F3N6O3S. The highest BCUT2D eigenvalue weighted by Gasteiger charge is 2.39. The van der Waals surface area contributed by atoms with Crippen molar-refractivity contribution >= 4 is 40.7 Å². The second-order valence-electron chi connectivity index (χ2n) is 9.91. The van der Waals surface area contributed by atoms with Gasteiger partial charge in [0, 0.05) is 17.2 Å². The van der Waals surface area contributed by atoms with Crippen LogP contribution in [0.25, 0.3) is 11.3 Å². The molecule has 0 bridgehead atoms. The van der Waals surface area contributed by atoms with Crippen molar-refractivity contribution in [1.82, 2.24) is 15.0 Å². The number of benzene rings is 3. The zero-order chi connectivity index (χ0) is 31.4. The van der Waals surface area contributed by atoms with Crippen LogP contribution in [0, 0.1) is 5.41 Å². The molecule has 5 rings (SSSR count). The number of hydrogen-bond acceptors (Lipinski definition) is 8. The van der Waals surface area contributed by atoms with E-state index in [0.717, 1.165) is 35.0 Å². The lowest BCUT2D eigenvalue weighted by Gasteiger charge is -2.22. The Morgan fingerprint density at radius 1 is 1.07 bits per heavy atom. The van der Waals surface area contributed by atoms with Crippen LogP contribution in [0.2, 0.25) is 0 Å². The standard InChI is InChI=1S/C31H25F3N6O3S/c1-18(2)23-5-3-4-6-24(23)30-40(29(42)27(35)44-30)38-16-19-7-9-20(10-8-19)25-15-26(37-17-36-25)39-28(41)21-11-13-22(14-12-21)43-31(32,33)34/h3-18,30,35H,1-2H3,(H,36,37,39,41)/b35-27?,38-16+. The average molecular weight is 619 g/mol. The number of hydrogen-bond donors (Lipinski definition) is 2. The number of thioether (sulfide) groups is 1. The molecule has 2 N–H and O–H groups in total. The van der Waals surface area contributed by atoms with Crippen LogP contribution in [0.4, 0.5) is 19.0 Å². The van der Waals surface area contributed by atoms with Gasteiger partial charge >= 0.3 is 6.36 Å². The molecule has 0 aliphatic carbocycles. The van der Waals surface area contributed by atoms with Gasteiger partial charge in [0.25, 0.3) is 11.8 Å². The largest absolute Gasteiger partial charge is 0.573 e. The third-order valence-corrected chi connectivity index (χ3v) is 7.62. The van der Waals surface area contributed by atoms with Crippen LogP contribution in [0.5, 0.6) is 5.75 Å². The molecule has 1 aliphatic rings. The minimum Gasteiger partial charge on any atom is -0.406 e. The number of hydrazone groups is 1. The first-order valence-corrected chi connectivity index (χ1v) is 14.2. The zero-order valence-corrected chi connectivity index (χ0v) is 24.2. The van der Waals surface area contributed by atoms with Crippen LogP contribution in [0.15, 0.2) is 90.3 Å². The molecule has 1 unspecified atom stereocenters. The third kappa shape index (κ3) is 7.11. The maximum atomic E-state index is 12.8. The molecule has 224 valence electrons. The zero-order valence-electron chi connectivity index (χ0n) is 23.4. The molecule has 4 aromatic rings. The van der Waals surface area contributed by atoms with Crippen LogP contribution >= 0.6 is 11.8 Å². The van der Waals surface area contributed by atoms with E-state index >= 15 is 0 Å². The fourth-order valence-electron chi connectivity index (χ4n) is 4.44. The predicted octanol–water partition coefficient (Wildman–Crippen LogP) is 7.00. The lowest BCUT2D eigenvalue weighted by atomic mass is 9.97. The maximum Gasteiger partial charge on any atom is 0.573 e. The van der Waals surface area contributed by atoms with Gasteiger partial charge in [-0.1, -0.05) is 74.1 Å². The molecule has 1 aromatic heterocycles. The van der Waals surface area contributed by atoms with Gasteiger partial charge in [-0.2, -0.15) is 5.10 Å². The van der Waals surface area contributed by atoms with Crippen LogP contribution in [-0.2, 0) is 4.79 Å². The third-order valence-electron chi connectivity index (χ3n) is 6.53. The van der Waals surface area contributed by atoms with Crippen molar-refractivity contribution in [3.8, 4) is 17.0 Å². The van der Waals surface area contributed by atoms with Crippen molar-refractivity contribution in [3.05, 3.63) is 107 Å². The Balaban J connectivity index is 1.28. The van der Waals surface area contributed by atoms with E-state index in [1.165, 1.54) is 23.5 Å². The number of carbonyl (C=O) groups excluding carboxylic acids is 2. The number of anilines is 1. The predicted molar refractivity (Wildman–Crippen MR) is 162 cm³/mol. The summed E-state index contributed by atoms with van der Waals surface area (Å²) in [6.07, 6.45) is -1.99. The first-order valence-electron chi connectivity index (χ1n) is 13.3. The average Bonchev–Trinajstić information content (AvgIpc) is 3.28. The Morgan fingerprint density at radius 3 is 2.45 bits per heavy atom. The molecule has 2 heterocycles. The second kappa shape index (κ2) is 12.7. The van der Waals surface area contributed by atoms with Crippen LogP contribution < -0.4 is 10.1 Å². The van der Waals surface area contributed by atoms with Gasteiger partial charge in [-0.3, -0.25) is 15.0 Å². The summed E-state index contributed by atoms with van der Waals surface area (Å²) in [6.45, 7) is 4.16. The van der Waals surface area contributed by atoms with Gasteiger partial charge in [0.05, 0.1) is 11.9 Å². The van der Waals surface area contributed by atoms with Gasteiger partial charge in [-0.25, -0.2) is 15.0 Å². The van der Waals surface area contributed by atoms with E-state index in [0.29, 0.717) is 16.8 Å². The van der Waals surface area contributed by atoms with E-state index in [2.05, 4.69) is 39.0 Å². The van der Waals surface area contributed by atoms with Gasteiger partial charge in [0.15, 0.2) is 5.04 Å². The summed E-state index contributed by atoms with van der Waals surface area (Å²) in [5, 5.41) is 16.0. The van der Waals surface area contributed by atoms with Crippen LogP contribution in [0.1, 0.15) is 52.2 Å². The normalized spacial score (nSPS) is 15.3. The van der Waals surface area contributed by atoms with E-state index in [4.69, 9.17) is 5.41 Å². The van der Waals surface area contributed by atoms with Gasteiger partial charge < -0.3 is 10.1 Å². The van der Waals surface area contributed by atoms with E-state index in [-0.39, 0.29) is 22.3 Å². The molecule has 1 aliphatic heterocycles. The number of ether oxygens (including phenoxy) is 1. The Morgan fingerprint density at radius 2 is 1.77 bits per heavy atom. The molecule has 1 saturated heterocycles. The molecule has 44 heavy (non-hydrogen) atoms. The summed E-state index contributed by atoms with van der Waals surface area (Å²) >= 11 is 1.16. The number of alkyl halides is 3. The monoisotopic (exact) mass is 618 g/mol. The number of nitrogens with zero attached hydrogens (tertiary/aromatic N) is 4. The van der Waals surface area contributed by atoms with Crippen molar-refractivity contribution in [2.45, 2.75) is 31.5 Å². The molecule has 0 radical (unpaired) electrons. The van der Waals surface area contributed by atoms with Gasteiger partial charge in [0.1, 0.15) is 23.3 Å². The number of carbonyl (C=O) groups is 2. The Hall–Kier alpha value is -5.04. The Bertz CT molecular complexity index is 1730. The molecule has 13 heteroatoms. The molecule has 2 amide bonds. The summed E-state index contributed by atoms with van der Waals surface area (Å²) in [6, 6.07) is 21.1. The second-order valence-corrected chi connectivity index (χ2v) is 11.0. The molecule has 1 atom stereocenters. The van der Waals surface area contributed by atoms with Crippen molar-refractivity contribution in [2.24, 2.45) is 5.10 Å². The van der Waals surface area contributed by atoms with Crippen molar-refractivity contribution in [3.63, 3.8) is 0 Å². The number of nitrogens with one attached hydrogen (secondary N) is 2. The molecule has 0 spiro atoms. The SMILES string of the molecule is CC(C)c1ccccc1C1SC(=N)C(=O)N1/N=C/c1ccc(-c2cc(NC(=O)c3ccc(OC(F)(F)F)cc3)ncn2)cc1. The van der Waals surface area contributed by atoms with Crippen LogP contribution in [0.3, 0.4) is 0 Å². The summed E-state index contributed by atoms with van der Waals surface area (Å²) in [5.41, 5.74) is 4.08. The van der Waals surface area contributed by atoms with Crippen molar-refractivity contribution in [2.75, 3.05) is 5.32 Å². The topological polar surface area (TPSA) is 121 Å². The highest BCUT2D eigenvalue weighted by molar-refractivity contribution is 8.16. The first kappa shape index (κ1) is 30.4. The highest BCUT2D eigenvalue weighted by Crippen LogP contribution is 2.42. The summed E-state index contributed by atoms with van der Waals surface area (Å²) in [5.74, 6) is -1.04. The summed E-state index contributed by atoms with van der Waals surface area (Å²) < 4.78 is 41.0. The lowest BCUT2D eigenvalue weighted by Crippen LogP contribution is -2.25. The number of rotatable bonds is 8. The van der Waals surface area contributed by atoms with E-state index in [1.54, 1.807) is 36.5 Å². The Kier molecular flexibility index (Phi) is 8.76. The molecule has 9 nitrogen and oxygen atoms in total. The maximum absolute atomic E-state index is 12.8. The Labute approximate surface area is 254 Å². The van der Waals surface area contributed by atoms with Crippen molar-refractivity contribution < 1.29 is 27.5 Å². The van der Waals surface area contributed by atoms with E-state index in [1.807, 2.05) is 24.3 Å². The number of halogens is 3. The number of aromatic nitrogens is 2. The lowest BCUT2D eigenvalue weighted by molar-refractivity contribution is -0.274.